The minimum absolute atomic E-state index is 0.00632. The number of carbonyl (C=O) groups excluding carboxylic acids is 1. The summed E-state index contributed by atoms with van der Waals surface area (Å²) in [5.74, 6) is 0. The van der Waals surface area contributed by atoms with Crippen LogP contribution in [0.1, 0.15) is 51.5 Å². The first-order valence-corrected chi connectivity index (χ1v) is 8.19. The number of hydrogen-bond donors (Lipinski definition) is 1. The van der Waals surface area contributed by atoms with Gasteiger partial charge >= 0.3 is 6.03 Å². The normalized spacial score (nSPS) is 17.5. The van der Waals surface area contributed by atoms with Gasteiger partial charge in [-0.15, -0.1) is 0 Å². The SMILES string of the molecule is CC1(C)CCCCN1C(=O)NCCCCc1ccccc1. The lowest BCUT2D eigenvalue weighted by molar-refractivity contribution is 0.102. The standard InChI is InChI=1S/C18H28N2O/c1-18(2)13-7-9-15-20(18)17(21)19-14-8-6-12-16-10-4-3-5-11-16/h3-5,10-11H,6-9,12-15H2,1-2H3,(H,19,21). The van der Waals surface area contributed by atoms with Gasteiger partial charge in [0.25, 0.3) is 0 Å². The van der Waals surface area contributed by atoms with E-state index in [9.17, 15) is 4.79 Å². The van der Waals surface area contributed by atoms with Crippen molar-refractivity contribution in [3.05, 3.63) is 35.9 Å². The molecule has 1 aliphatic heterocycles. The largest absolute Gasteiger partial charge is 0.338 e. The maximum atomic E-state index is 12.3. The molecule has 1 aromatic carbocycles. The molecule has 116 valence electrons. The van der Waals surface area contributed by atoms with Crippen LogP contribution in [0.3, 0.4) is 0 Å². The molecule has 1 saturated heterocycles. The third-order valence-electron chi connectivity index (χ3n) is 4.41. The lowest BCUT2D eigenvalue weighted by Crippen LogP contribution is -2.54. The maximum Gasteiger partial charge on any atom is 0.317 e. The van der Waals surface area contributed by atoms with Gasteiger partial charge in [0.05, 0.1) is 0 Å². The van der Waals surface area contributed by atoms with Crippen molar-refractivity contribution in [1.29, 1.82) is 0 Å². The Balaban J connectivity index is 1.65. The molecule has 3 nitrogen and oxygen atoms in total. The molecular weight excluding hydrogens is 260 g/mol. The molecular formula is C18H28N2O. The second kappa shape index (κ2) is 7.48. The summed E-state index contributed by atoms with van der Waals surface area (Å²) in [6.07, 6.45) is 6.71. The molecule has 1 aliphatic rings. The fourth-order valence-electron chi connectivity index (χ4n) is 3.03. The van der Waals surface area contributed by atoms with Crippen molar-refractivity contribution in [2.75, 3.05) is 13.1 Å². The van der Waals surface area contributed by atoms with E-state index in [0.29, 0.717) is 0 Å². The monoisotopic (exact) mass is 288 g/mol. The highest BCUT2D eigenvalue weighted by molar-refractivity contribution is 5.75. The van der Waals surface area contributed by atoms with Crippen LogP contribution in [-0.2, 0) is 6.42 Å². The number of piperidine rings is 1. The molecule has 1 aromatic rings. The number of likely N-dealkylation sites (tertiary alicyclic amines) is 1. The van der Waals surface area contributed by atoms with Crippen molar-refractivity contribution >= 4 is 6.03 Å². The van der Waals surface area contributed by atoms with E-state index in [1.165, 1.54) is 12.0 Å². The van der Waals surface area contributed by atoms with E-state index in [0.717, 1.165) is 45.2 Å². The van der Waals surface area contributed by atoms with Gasteiger partial charge in [-0.1, -0.05) is 30.3 Å². The molecule has 21 heavy (non-hydrogen) atoms. The number of urea groups is 1. The van der Waals surface area contributed by atoms with Crippen molar-refractivity contribution in [3.8, 4) is 0 Å². The number of nitrogens with zero attached hydrogens (tertiary/aromatic N) is 1. The Kier molecular flexibility index (Phi) is 5.66. The van der Waals surface area contributed by atoms with Gasteiger partial charge in [0.15, 0.2) is 0 Å². The molecule has 0 spiro atoms. The van der Waals surface area contributed by atoms with Gasteiger partial charge in [-0.3, -0.25) is 0 Å². The molecule has 0 saturated carbocycles. The molecule has 2 rings (SSSR count). The topological polar surface area (TPSA) is 32.3 Å². The molecule has 0 aromatic heterocycles. The summed E-state index contributed by atoms with van der Waals surface area (Å²) in [5.41, 5.74) is 1.38. The second-order valence-corrected chi connectivity index (χ2v) is 6.60. The first-order valence-electron chi connectivity index (χ1n) is 8.19. The molecule has 0 atom stereocenters. The summed E-state index contributed by atoms with van der Waals surface area (Å²) in [6.45, 7) is 6.00. The predicted octanol–water partition coefficient (Wildman–Crippen LogP) is 3.98. The van der Waals surface area contributed by atoms with Crippen molar-refractivity contribution in [3.63, 3.8) is 0 Å². The highest BCUT2D eigenvalue weighted by atomic mass is 16.2. The van der Waals surface area contributed by atoms with Crippen molar-refractivity contribution in [2.45, 2.75) is 57.9 Å². The zero-order valence-corrected chi connectivity index (χ0v) is 13.4. The number of carbonyl (C=O) groups is 1. The predicted molar refractivity (Wildman–Crippen MR) is 87.4 cm³/mol. The Morgan fingerprint density at radius 3 is 2.67 bits per heavy atom. The van der Waals surface area contributed by atoms with E-state index in [4.69, 9.17) is 0 Å². The van der Waals surface area contributed by atoms with E-state index in [1.807, 2.05) is 11.0 Å². The number of nitrogens with one attached hydrogen (secondary N) is 1. The summed E-state index contributed by atoms with van der Waals surface area (Å²) in [7, 11) is 0. The molecule has 0 radical (unpaired) electrons. The lowest BCUT2D eigenvalue weighted by Gasteiger charge is -2.42. The third-order valence-corrected chi connectivity index (χ3v) is 4.41. The van der Waals surface area contributed by atoms with Gasteiger partial charge in [0, 0.05) is 18.6 Å². The fraction of sp³-hybridized carbons (Fsp3) is 0.611. The fourth-order valence-corrected chi connectivity index (χ4v) is 3.03. The van der Waals surface area contributed by atoms with Crippen LogP contribution in [0.4, 0.5) is 4.79 Å². The number of rotatable bonds is 5. The molecule has 1 N–H and O–H groups in total. The average molecular weight is 288 g/mol. The van der Waals surface area contributed by atoms with Gasteiger partial charge in [0.2, 0.25) is 0 Å². The molecule has 0 unspecified atom stereocenters. The minimum Gasteiger partial charge on any atom is -0.338 e. The van der Waals surface area contributed by atoms with Gasteiger partial charge in [-0.2, -0.15) is 0 Å². The summed E-state index contributed by atoms with van der Waals surface area (Å²) < 4.78 is 0. The summed E-state index contributed by atoms with van der Waals surface area (Å²) >= 11 is 0. The molecule has 3 heteroatoms. The molecule has 2 amide bonds. The zero-order valence-electron chi connectivity index (χ0n) is 13.4. The second-order valence-electron chi connectivity index (χ2n) is 6.60. The maximum absolute atomic E-state index is 12.3. The summed E-state index contributed by atoms with van der Waals surface area (Å²) in [4.78, 5) is 14.3. The quantitative estimate of drug-likeness (QED) is 0.817. The smallest absolute Gasteiger partial charge is 0.317 e. The molecule has 1 heterocycles. The number of aryl methyl sites for hydroxylation is 1. The molecule has 0 bridgehead atoms. The van der Waals surface area contributed by atoms with Crippen LogP contribution in [-0.4, -0.2) is 29.6 Å². The van der Waals surface area contributed by atoms with Gasteiger partial charge in [0.1, 0.15) is 0 Å². The van der Waals surface area contributed by atoms with Crippen LogP contribution >= 0.6 is 0 Å². The van der Waals surface area contributed by atoms with E-state index in [2.05, 4.69) is 43.4 Å². The van der Waals surface area contributed by atoms with Gasteiger partial charge < -0.3 is 10.2 Å². The highest BCUT2D eigenvalue weighted by Gasteiger charge is 2.32. The minimum atomic E-state index is 0.00632. The van der Waals surface area contributed by atoms with E-state index >= 15 is 0 Å². The zero-order chi connectivity index (χ0) is 15.1. The Morgan fingerprint density at radius 1 is 1.19 bits per heavy atom. The van der Waals surface area contributed by atoms with Crippen LogP contribution in [0.25, 0.3) is 0 Å². The number of benzene rings is 1. The van der Waals surface area contributed by atoms with Gasteiger partial charge in [-0.05, 0) is 57.9 Å². The van der Waals surface area contributed by atoms with Crippen molar-refractivity contribution in [2.24, 2.45) is 0 Å². The number of amides is 2. The molecule has 1 fully saturated rings. The third kappa shape index (κ3) is 4.76. The Labute approximate surface area is 128 Å². The van der Waals surface area contributed by atoms with E-state index in [1.54, 1.807) is 0 Å². The first-order chi connectivity index (χ1) is 10.1. The Hall–Kier alpha value is -1.51. The van der Waals surface area contributed by atoms with Crippen LogP contribution in [0.5, 0.6) is 0 Å². The van der Waals surface area contributed by atoms with Crippen LogP contribution in [0, 0.1) is 0 Å². The Bertz CT molecular complexity index is 442. The molecule has 0 aliphatic carbocycles. The van der Waals surface area contributed by atoms with Gasteiger partial charge in [-0.25, -0.2) is 4.79 Å². The number of hydrogen-bond acceptors (Lipinski definition) is 1. The van der Waals surface area contributed by atoms with Crippen LogP contribution < -0.4 is 5.32 Å². The lowest BCUT2D eigenvalue weighted by atomic mass is 9.91. The summed E-state index contributed by atoms with van der Waals surface area (Å²) in [5, 5.41) is 3.08. The summed E-state index contributed by atoms with van der Waals surface area (Å²) in [6, 6.07) is 10.6. The Morgan fingerprint density at radius 2 is 1.95 bits per heavy atom. The van der Waals surface area contributed by atoms with E-state index < -0.39 is 0 Å². The van der Waals surface area contributed by atoms with Crippen molar-refractivity contribution in [1.82, 2.24) is 10.2 Å². The van der Waals surface area contributed by atoms with E-state index in [-0.39, 0.29) is 11.6 Å². The number of unbranched alkanes of at least 4 members (excludes halogenated alkanes) is 1. The average Bonchev–Trinajstić information content (AvgIpc) is 2.47. The first kappa shape index (κ1) is 15.9. The van der Waals surface area contributed by atoms with Crippen LogP contribution in [0.15, 0.2) is 30.3 Å². The van der Waals surface area contributed by atoms with Crippen molar-refractivity contribution < 1.29 is 4.79 Å². The van der Waals surface area contributed by atoms with Crippen LogP contribution in [0.2, 0.25) is 0 Å². The highest BCUT2D eigenvalue weighted by Crippen LogP contribution is 2.26.